The number of hydrogen-bond donors (Lipinski definition) is 1. The number of hydrogen-bond acceptors (Lipinski definition) is 7. The molecule has 2 aliphatic rings. The van der Waals surface area contributed by atoms with E-state index in [2.05, 4.69) is 46.4 Å². The molecule has 2 aliphatic heterocycles. The maximum absolute atomic E-state index is 13.1. The van der Waals surface area contributed by atoms with E-state index in [1.807, 2.05) is 0 Å². The minimum atomic E-state index is -3.25. The lowest BCUT2D eigenvalue weighted by Crippen LogP contribution is -2.44. The van der Waals surface area contributed by atoms with Crippen molar-refractivity contribution in [1.82, 2.24) is 20.1 Å². The molecule has 3 aromatic rings. The molecule has 42 heavy (non-hydrogen) atoms. The molecule has 2 saturated heterocycles. The Balaban J connectivity index is 1.05. The van der Waals surface area contributed by atoms with Gasteiger partial charge in [-0.2, -0.15) is 0 Å². The highest BCUT2D eigenvalue weighted by atomic mass is 32.2. The third kappa shape index (κ3) is 7.74. The standard InChI is InChI=1S/C32H38N4O5S/c1-23-4-3-5-24(20-23)22-35-16-12-26(13-17-35)34-31(37)30-11-6-25(21-33-30)32(38)36-18-14-28(15-19-36)41-27-7-9-29(10-8-27)42(2,39)40/h3-11,20-21,26,28H,12-19,22H2,1-2H3,(H,34,37). The quantitative estimate of drug-likeness (QED) is 0.424. The number of aromatic nitrogens is 1. The number of rotatable bonds is 8. The van der Waals surface area contributed by atoms with Crippen LogP contribution in [-0.2, 0) is 16.4 Å². The van der Waals surface area contributed by atoms with Gasteiger partial charge in [-0.05, 0) is 61.7 Å². The lowest BCUT2D eigenvalue weighted by atomic mass is 10.0. The summed E-state index contributed by atoms with van der Waals surface area (Å²) in [6, 6.07) is 18.4. The van der Waals surface area contributed by atoms with Crippen molar-refractivity contribution in [2.24, 2.45) is 0 Å². The lowest BCUT2D eigenvalue weighted by molar-refractivity contribution is 0.0594. The summed E-state index contributed by atoms with van der Waals surface area (Å²) in [5.74, 6) is 0.276. The summed E-state index contributed by atoms with van der Waals surface area (Å²) >= 11 is 0. The number of sulfone groups is 1. The molecule has 0 saturated carbocycles. The van der Waals surface area contributed by atoms with Crippen LogP contribution >= 0.6 is 0 Å². The molecule has 0 aliphatic carbocycles. The van der Waals surface area contributed by atoms with Gasteiger partial charge in [0.2, 0.25) is 0 Å². The van der Waals surface area contributed by atoms with E-state index in [-0.39, 0.29) is 28.9 Å². The summed E-state index contributed by atoms with van der Waals surface area (Å²) in [7, 11) is -3.25. The van der Waals surface area contributed by atoms with Crippen LogP contribution in [0.5, 0.6) is 5.75 Å². The van der Waals surface area contributed by atoms with Gasteiger partial charge >= 0.3 is 0 Å². The number of likely N-dealkylation sites (tertiary alicyclic amines) is 2. The van der Waals surface area contributed by atoms with Crippen LogP contribution in [0.4, 0.5) is 0 Å². The number of benzene rings is 2. The molecule has 2 amide bonds. The van der Waals surface area contributed by atoms with Crippen LogP contribution in [-0.4, -0.2) is 79.6 Å². The van der Waals surface area contributed by atoms with E-state index in [0.29, 0.717) is 42.9 Å². The summed E-state index contributed by atoms with van der Waals surface area (Å²) in [5, 5.41) is 3.11. The molecule has 0 radical (unpaired) electrons. The van der Waals surface area contributed by atoms with Gasteiger partial charge < -0.3 is 15.0 Å². The number of carbonyl (C=O) groups is 2. The number of nitrogens with one attached hydrogen (secondary N) is 1. The smallest absolute Gasteiger partial charge is 0.270 e. The van der Waals surface area contributed by atoms with E-state index in [4.69, 9.17) is 4.74 Å². The van der Waals surface area contributed by atoms with E-state index in [0.717, 1.165) is 32.5 Å². The van der Waals surface area contributed by atoms with Crippen LogP contribution in [0.15, 0.2) is 71.8 Å². The minimum absolute atomic E-state index is 0.0586. The van der Waals surface area contributed by atoms with E-state index in [9.17, 15) is 18.0 Å². The molecule has 0 unspecified atom stereocenters. The van der Waals surface area contributed by atoms with Crippen molar-refractivity contribution >= 4 is 21.7 Å². The molecule has 222 valence electrons. The van der Waals surface area contributed by atoms with Crippen LogP contribution in [0.1, 0.15) is 57.7 Å². The van der Waals surface area contributed by atoms with Gasteiger partial charge in [0, 0.05) is 64.1 Å². The average molecular weight is 591 g/mol. The number of piperidine rings is 2. The van der Waals surface area contributed by atoms with Gasteiger partial charge in [-0.1, -0.05) is 29.8 Å². The molecule has 0 spiro atoms. The lowest BCUT2D eigenvalue weighted by Gasteiger charge is -2.32. The van der Waals surface area contributed by atoms with Crippen LogP contribution in [0.3, 0.4) is 0 Å². The Morgan fingerprint density at radius 2 is 1.67 bits per heavy atom. The van der Waals surface area contributed by atoms with Gasteiger partial charge in [0.15, 0.2) is 9.84 Å². The van der Waals surface area contributed by atoms with E-state index >= 15 is 0 Å². The monoisotopic (exact) mass is 590 g/mol. The zero-order chi connectivity index (χ0) is 29.7. The first-order valence-electron chi connectivity index (χ1n) is 14.4. The van der Waals surface area contributed by atoms with Crippen molar-refractivity contribution in [3.63, 3.8) is 0 Å². The zero-order valence-corrected chi connectivity index (χ0v) is 25.0. The van der Waals surface area contributed by atoms with Crippen LogP contribution in [0.25, 0.3) is 0 Å². The number of carbonyl (C=O) groups excluding carboxylic acids is 2. The Hall–Kier alpha value is -3.76. The molecular formula is C32H38N4O5S. The molecule has 3 heterocycles. The number of ether oxygens (including phenoxy) is 1. The number of nitrogens with zero attached hydrogens (tertiary/aromatic N) is 3. The Morgan fingerprint density at radius 1 is 0.952 bits per heavy atom. The highest BCUT2D eigenvalue weighted by Gasteiger charge is 2.26. The van der Waals surface area contributed by atoms with Gasteiger partial charge in [0.25, 0.3) is 11.8 Å². The fourth-order valence-corrected chi connectivity index (χ4v) is 6.17. The summed E-state index contributed by atoms with van der Waals surface area (Å²) in [4.78, 5) is 34.6. The van der Waals surface area contributed by atoms with E-state index in [1.54, 1.807) is 29.2 Å². The van der Waals surface area contributed by atoms with Crippen LogP contribution in [0.2, 0.25) is 0 Å². The molecule has 2 aromatic carbocycles. The fourth-order valence-electron chi connectivity index (χ4n) is 5.54. The number of pyridine rings is 1. The second-order valence-electron chi connectivity index (χ2n) is 11.3. The number of amides is 2. The second-order valence-corrected chi connectivity index (χ2v) is 13.3. The summed E-state index contributed by atoms with van der Waals surface area (Å²) in [6.07, 6.45) is 5.70. The van der Waals surface area contributed by atoms with Crippen molar-refractivity contribution < 1.29 is 22.7 Å². The normalized spacial score (nSPS) is 17.1. The molecule has 9 nitrogen and oxygen atoms in total. The van der Waals surface area contributed by atoms with Crippen LogP contribution < -0.4 is 10.1 Å². The topological polar surface area (TPSA) is 109 Å². The van der Waals surface area contributed by atoms with Crippen molar-refractivity contribution in [2.75, 3.05) is 32.4 Å². The molecule has 2 fully saturated rings. The summed E-state index contributed by atoms with van der Waals surface area (Å²) in [5.41, 5.74) is 3.34. The van der Waals surface area contributed by atoms with Crippen LogP contribution in [0, 0.1) is 6.92 Å². The first kappa shape index (κ1) is 29.7. The third-order valence-electron chi connectivity index (χ3n) is 7.94. The summed E-state index contributed by atoms with van der Waals surface area (Å²) in [6.45, 7) is 5.96. The molecule has 1 aromatic heterocycles. The van der Waals surface area contributed by atoms with Gasteiger partial charge in [0.05, 0.1) is 10.5 Å². The predicted octanol–water partition coefficient (Wildman–Crippen LogP) is 3.87. The van der Waals surface area contributed by atoms with Gasteiger partial charge in [-0.25, -0.2) is 8.42 Å². The first-order chi connectivity index (χ1) is 20.1. The molecule has 1 N–H and O–H groups in total. The molecule has 0 bridgehead atoms. The number of aryl methyl sites for hydroxylation is 1. The molecule has 10 heteroatoms. The molecule has 5 rings (SSSR count). The van der Waals surface area contributed by atoms with E-state index < -0.39 is 9.84 Å². The van der Waals surface area contributed by atoms with Gasteiger partial charge in [0.1, 0.15) is 17.5 Å². The Morgan fingerprint density at radius 3 is 2.29 bits per heavy atom. The highest BCUT2D eigenvalue weighted by molar-refractivity contribution is 7.90. The minimum Gasteiger partial charge on any atom is -0.490 e. The SMILES string of the molecule is Cc1cccc(CN2CCC(NC(=O)c3ccc(C(=O)N4CCC(Oc5ccc(S(C)(=O)=O)cc5)CC4)cn3)CC2)c1. The predicted molar refractivity (Wildman–Crippen MR) is 160 cm³/mol. The maximum Gasteiger partial charge on any atom is 0.270 e. The Kier molecular flexibility index (Phi) is 9.23. The first-order valence-corrected chi connectivity index (χ1v) is 16.3. The second kappa shape index (κ2) is 13.0. The Bertz CT molecular complexity index is 1490. The van der Waals surface area contributed by atoms with E-state index in [1.165, 1.54) is 35.7 Å². The fraction of sp³-hybridized carbons (Fsp3) is 0.406. The van der Waals surface area contributed by atoms with Crippen molar-refractivity contribution in [1.29, 1.82) is 0 Å². The highest BCUT2D eigenvalue weighted by Crippen LogP contribution is 2.22. The van der Waals surface area contributed by atoms with Crippen molar-refractivity contribution in [2.45, 2.75) is 56.2 Å². The van der Waals surface area contributed by atoms with Gasteiger partial charge in [-0.15, -0.1) is 0 Å². The van der Waals surface area contributed by atoms with Crippen molar-refractivity contribution in [3.8, 4) is 5.75 Å². The Labute approximate surface area is 247 Å². The largest absolute Gasteiger partial charge is 0.490 e. The summed E-state index contributed by atoms with van der Waals surface area (Å²) < 4.78 is 29.3. The third-order valence-corrected chi connectivity index (χ3v) is 9.07. The average Bonchev–Trinajstić information content (AvgIpc) is 2.98. The molecular weight excluding hydrogens is 552 g/mol. The van der Waals surface area contributed by atoms with Crippen molar-refractivity contribution in [3.05, 3.63) is 89.2 Å². The zero-order valence-electron chi connectivity index (χ0n) is 24.2. The molecule has 0 atom stereocenters. The maximum atomic E-state index is 13.1. The van der Waals surface area contributed by atoms with Gasteiger partial charge in [-0.3, -0.25) is 19.5 Å².